The van der Waals surface area contributed by atoms with Crippen molar-refractivity contribution in [2.45, 2.75) is 137 Å². The summed E-state index contributed by atoms with van der Waals surface area (Å²) in [4.78, 5) is 50.8. The fourth-order valence-corrected chi connectivity index (χ4v) is 9.87. The summed E-state index contributed by atoms with van der Waals surface area (Å²) >= 11 is 0. The Morgan fingerprint density at radius 3 is 2.60 bits per heavy atom. The molecule has 0 radical (unpaired) electrons. The van der Waals surface area contributed by atoms with Crippen LogP contribution in [-0.4, -0.2) is 82.9 Å². The maximum absolute atomic E-state index is 12.8. The maximum atomic E-state index is 12.8. The van der Waals surface area contributed by atoms with Crippen LogP contribution in [0.5, 0.6) is 0 Å². The quantitative estimate of drug-likeness (QED) is 0.0410. The Balaban J connectivity index is 1.48. The zero-order valence-electron chi connectivity index (χ0n) is 32.9. The highest BCUT2D eigenvalue weighted by molar-refractivity contribution is 7.63. The van der Waals surface area contributed by atoms with Gasteiger partial charge in [-0.05, 0) is 66.0 Å². The van der Waals surface area contributed by atoms with Gasteiger partial charge in [0, 0.05) is 42.5 Å². The van der Waals surface area contributed by atoms with E-state index in [1.54, 1.807) is 30.7 Å². The Hall–Kier alpha value is -3.88. The summed E-state index contributed by atoms with van der Waals surface area (Å²) in [7, 11) is -3.36. The molecular formula is C37H56N8O9P+. The molecule has 3 aromatic rings. The Kier molecular flexibility index (Phi) is 16.2. The van der Waals surface area contributed by atoms with E-state index in [-0.39, 0.29) is 50.2 Å². The lowest BCUT2D eigenvalue weighted by Crippen LogP contribution is -2.41. The summed E-state index contributed by atoms with van der Waals surface area (Å²) < 4.78 is 29.6. The first-order chi connectivity index (χ1) is 26.2. The molecule has 0 amide bonds. The first-order valence-corrected chi connectivity index (χ1v) is 20.7. The molecule has 1 saturated heterocycles. The van der Waals surface area contributed by atoms with Gasteiger partial charge in [0.15, 0.2) is 0 Å². The number of aryl methyl sites for hydroxylation is 2. The number of rotatable bonds is 22. The van der Waals surface area contributed by atoms with E-state index < -0.39 is 48.6 Å². The third kappa shape index (κ3) is 11.8. The van der Waals surface area contributed by atoms with Crippen molar-refractivity contribution in [3.8, 4) is 6.07 Å². The lowest BCUT2D eigenvalue weighted by molar-refractivity contribution is -0.386. The van der Waals surface area contributed by atoms with Gasteiger partial charge < -0.3 is 14.2 Å². The van der Waals surface area contributed by atoms with Crippen molar-refractivity contribution in [3.05, 3.63) is 83.9 Å². The fraction of sp³-hybridized carbons (Fsp3) is 0.649. The van der Waals surface area contributed by atoms with Crippen molar-refractivity contribution in [2.24, 2.45) is 0 Å². The Labute approximate surface area is 322 Å². The Bertz CT molecular complexity index is 1870. The number of ether oxygens (including phenoxy) is 3. The van der Waals surface area contributed by atoms with Crippen molar-refractivity contribution < 1.29 is 28.6 Å². The van der Waals surface area contributed by atoms with Gasteiger partial charge in [0.1, 0.15) is 31.4 Å². The van der Waals surface area contributed by atoms with E-state index >= 15 is 0 Å². The first kappa shape index (κ1) is 43.8. The number of hydrogen-bond donors (Lipinski definition) is 2. The molecule has 1 fully saturated rings. The molecule has 1 aliphatic rings. The van der Waals surface area contributed by atoms with E-state index in [9.17, 15) is 29.9 Å². The average molecular weight is 788 g/mol. The van der Waals surface area contributed by atoms with Gasteiger partial charge in [0.2, 0.25) is 0 Å². The molecule has 0 bridgehead atoms. The fourth-order valence-electron chi connectivity index (χ4n) is 6.93. The number of H-pyrrole nitrogens is 1. The molecule has 4 rings (SSSR count). The van der Waals surface area contributed by atoms with Crippen LogP contribution in [0.1, 0.15) is 115 Å². The molecule has 2 aromatic heterocycles. The van der Waals surface area contributed by atoms with Crippen molar-refractivity contribution in [2.75, 3.05) is 19.6 Å². The monoisotopic (exact) mass is 787 g/mol. The number of unbranched alkanes of at least 4 members (excludes halogenated alkanes) is 3. The summed E-state index contributed by atoms with van der Waals surface area (Å²) in [5, 5.41) is 29.9. The topological polar surface area (TPSA) is 213 Å². The van der Waals surface area contributed by atoms with Crippen LogP contribution in [0.15, 0.2) is 40.2 Å². The smallest absolute Gasteiger partial charge is 0.347 e. The molecule has 3 heterocycles. The molecule has 1 aromatic carbocycles. The van der Waals surface area contributed by atoms with Gasteiger partial charge in [-0.15, -0.1) is 9.77 Å². The predicted octanol–water partition coefficient (Wildman–Crippen LogP) is 5.73. The largest absolute Gasteiger partial charge is 0.353 e. The maximum Gasteiger partial charge on any atom is 0.347 e. The average Bonchev–Trinajstić information content (AvgIpc) is 3.74. The molecule has 17 nitrogen and oxygen atoms in total. The van der Waals surface area contributed by atoms with Gasteiger partial charge in [-0.1, -0.05) is 37.5 Å². The van der Waals surface area contributed by atoms with Crippen LogP contribution in [-0.2, 0) is 31.7 Å². The second-order valence-electron chi connectivity index (χ2n) is 14.5. The Morgan fingerprint density at radius 1 is 1.18 bits per heavy atom. The number of benzene rings is 1. The van der Waals surface area contributed by atoms with Crippen LogP contribution in [0, 0.1) is 28.4 Å². The first-order valence-electron chi connectivity index (χ1n) is 18.9. The number of nitro groups is 1. The Morgan fingerprint density at radius 2 is 1.93 bits per heavy atom. The summed E-state index contributed by atoms with van der Waals surface area (Å²) in [5.74, 6) is 0. The summed E-state index contributed by atoms with van der Waals surface area (Å²) in [6, 6.07) is 6.76. The van der Waals surface area contributed by atoms with Crippen molar-refractivity contribution in [3.63, 3.8) is 0 Å². The third-order valence-electron chi connectivity index (χ3n) is 9.50. The molecule has 2 unspecified atom stereocenters. The van der Waals surface area contributed by atoms with Crippen molar-refractivity contribution >= 4 is 13.6 Å². The van der Waals surface area contributed by atoms with Crippen LogP contribution >= 0.6 is 7.87 Å². The lowest BCUT2D eigenvalue weighted by Gasteiger charge is -2.36. The number of nitro benzene ring substituents is 1. The highest BCUT2D eigenvalue weighted by atomic mass is 31.2. The number of nitriles is 1. The summed E-state index contributed by atoms with van der Waals surface area (Å²) in [6.45, 7) is 13.2. The van der Waals surface area contributed by atoms with Gasteiger partial charge in [-0.25, -0.2) is 14.4 Å². The molecule has 18 heteroatoms. The number of aromatic nitrogens is 5. The molecular weight excluding hydrogens is 731 g/mol. The van der Waals surface area contributed by atoms with E-state index in [0.717, 1.165) is 36.9 Å². The minimum absolute atomic E-state index is 0.0645. The second-order valence-corrected chi connectivity index (χ2v) is 17.0. The van der Waals surface area contributed by atoms with Gasteiger partial charge in [0.05, 0.1) is 47.9 Å². The van der Waals surface area contributed by atoms with Crippen molar-refractivity contribution in [1.29, 1.82) is 5.26 Å². The van der Waals surface area contributed by atoms with E-state index in [2.05, 4.69) is 28.3 Å². The summed E-state index contributed by atoms with van der Waals surface area (Å²) in [6.07, 6.45) is 5.83. The SMILES string of the molecule is CCCCCCc1cn(Cc2ccc([N+](=O)[O-])c(C(C)OCOC[C@H]3O[C@@H](n4cc(C)c(=O)[nH]c4=O)C[C@@H]3O[P+](O)(CCC#N)N(C(C)C)C(C)C)c2)nn1. The molecule has 0 aliphatic carbocycles. The zero-order chi connectivity index (χ0) is 40.3. The van der Waals surface area contributed by atoms with E-state index in [4.69, 9.17) is 18.7 Å². The molecule has 55 heavy (non-hydrogen) atoms. The van der Waals surface area contributed by atoms with Crippen LogP contribution in [0.3, 0.4) is 0 Å². The molecule has 0 spiro atoms. The molecule has 302 valence electrons. The van der Waals surface area contributed by atoms with Crippen LogP contribution in [0.4, 0.5) is 5.69 Å². The minimum Gasteiger partial charge on any atom is -0.353 e. The van der Waals surface area contributed by atoms with E-state index in [0.29, 0.717) is 17.7 Å². The number of nitrogens with zero attached hydrogens (tertiary/aromatic N) is 7. The number of nitrogens with one attached hydrogen (secondary N) is 1. The van der Waals surface area contributed by atoms with Gasteiger partial charge >= 0.3 is 13.6 Å². The van der Waals surface area contributed by atoms with Crippen LogP contribution < -0.4 is 11.2 Å². The van der Waals surface area contributed by atoms with Crippen LogP contribution in [0.25, 0.3) is 0 Å². The lowest BCUT2D eigenvalue weighted by atomic mass is 10.0. The minimum atomic E-state index is -3.36. The van der Waals surface area contributed by atoms with E-state index in [1.807, 2.05) is 38.6 Å². The van der Waals surface area contributed by atoms with E-state index in [1.165, 1.54) is 23.3 Å². The number of aromatic amines is 1. The van der Waals surface area contributed by atoms with Crippen LogP contribution in [0.2, 0.25) is 0 Å². The second kappa shape index (κ2) is 20.3. The standard InChI is InChI=1S/C37H55N8O9P/c1-8-9-10-11-13-30-22-42(41-40-30)21-29-14-15-32(45(48)49)31(18-29)28(7)52-24-51-23-34-33(19-35(53-34)43-20-27(6)36(46)39-37(43)47)54-55(50,17-12-16-38)44(25(2)3)26(4)5/h14-15,18,20,22,25-26,28,33-35,50H,8-13,17,19,21,23-24H2,1-7H3/p+1/t28?,33-,34+,35+,55?/m0/s1. The van der Waals surface area contributed by atoms with Gasteiger partial charge in [0.25, 0.3) is 11.2 Å². The van der Waals surface area contributed by atoms with Crippen molar-refractivity contribution in [1.82, 2.24) is 29.2 Å². The molecule has 1 aliphatic heterocycles. The highest BCUT2D eigenvalue weighted by Crippen LogP contribution is 2.63. The molecule has 5 atom stereocenters. The number of hydrogen-bond acceptors (Lipinski definition) is 13. The zero-order valence-corrected chi connectivity index (χ0v) is 33.8. The molecule has 2 N–H and O–H groups in total. The third-order valence-corrected chi connectivity index (χ3v) is 12.6. The predicted molar refractivity (Wildman–Crippen MR) is 206 cm³/mol. The normalized spacial score (nSPS) is 18.9. The summed E-state index contributed by atoms with van der Waals surface area (Å²) in [5.41, 5.74) is 1.12. The van der Waals surface area contributed by atoms with Gasteiger partial charge in [-0.3, -0.25) is 24.5 Å². The highest BCUT2D eigenvalue weighted by Gasteiger charge is 2.54. The van der Waals surface area contributed by atoms with Gasteiger partial charge in [-0.2, -0.15) is 9.79 Å². The molecule has 0 saturated carbocycles.